The van der Waals surface area contributed by atoms with Crippen LogP contribution in [0.15, 0.2) is 12.4 Å². The molecule has 2 heterocycles. The number of halogens is 1. The summed E-state index contributed by atoms with van der Waals surface area (Å²) >= 11 is 0. The van der Waals surface area contributed by atoms with E-state index in [-0.39, 0.29) is 12.0 Å². The molecule has 0 aliphatic carbocycles. The minimum Gasteiger partial charge on any atom is -0.373 e. The van der Waals surface area contributed by atoms with Gasteiger partial charge in [0, 0.05) is 26.6 Å². The van der Waals surface area contributed by atoms with Gasteiger partial charge < -0.3 is 15.0 Å². The Balaban J connectivity index is 1.82. The van der Waals surface area contributed by atoms with Crippen molar-refractivity contribution in [3.05, 3.63) is 18.2 Å². The van der Waals surface area contributed by atoms with Crippen LogP contribution in [0.5, 0.6) is 0 Å². The highest BCUT2D eigenvalue weighted by molar-refractivity contribution is 5.73. The van der Waals surface area contributed by atoms with Crippen LogP contribution in [-0.4, -0.2) is 53.1 Å². The summed E-state index contributed by atoms with van der Waals surface area (Å²) in [7, 11) is 0. The molecule has 0 unspecified atom stereocenters. The maximum absolute atomic E-state index is 12.6. The molecule has 7 heteroatoms. The summed E-state index contributed by atoms with van der Waals surface area (Å²) < 4.78 is 18.1. The lowest BCUT2D eigenvalue weighted by Gasteiger charge is -2.32. The van der Waals surface area contributed by atoms with Gasteiger partial charge in [0.2, 0.25) is 11.9 Å². The van der Waals surface area contributed by atoms with Crippen molar-refractivity contribution in [3.63, 3.8) is 0 Å². The number of hydrogen-bond acceptors (Lipinski definition) is 5. The van der Waals surface area contributed by atoms with Crippen LogP contribution in [0.3, 0.4) is 0 Å². The van der Waals surface area contributed by atoms with Crippen molar-refractivity contribution in [3.8, 4) is 0 Å². The Bertz CT molecular complexity index is 412. The first kappa shape index (κ1) is 12.7. The van der Waals surface area contributed by atoms with E-state index in [0.29, 0.717) is 32.2 Å². The van der Waals surface area contributed by atoms with E-state index in [9.17, 15) is 9.18 Å². The van der Waals surface area contributed by atoms with E-state index in [4.69, 9.17) is 4.74 Å². The highest BCUT2D eigenvalue weighted by atomic mass is 19.1. The minimum absolute atomic E-state index is 0.0429. The highest BCUT2D eigenvalue weighted by Crippen LogP contribution is 2.06. The van der Waals surface area contributed by atoms with Gasteiger partial charge in [0.25, 0.3) is 0 Å². The standard InChI is InChI=1S/C11H15FN4O2/c1-8(17)16-2-3-18-10(7-16)6-15-11-13-4-9(12)5-14-11/h4-5,10H,2-3,6-7H2,1H3,(H,13,14,15)/t10-/m0/s1. The van der Waals surface area contributed by atoms with Crippen molar-refractivity contribution < 1.29 is 13.9 Å². The van der Waals surface area contributed by atoms with E-state index in [2.05, 4.69) is 15.3 Å². The first-order valence-electron chi connectivity index (χ1n) is 5.73. The van der Waals surface area contributed by atoms with Crippen LogP contribution in [0, 0.1) is 5.82 Å². The summed E-state index contributed by atoms with van der Waals surface area (Å²) in [6, 6.07) is 0. The van der Waals surface area contributed by atoms with Crippen LogP contribution in [0.25, 0.3) is 0 Å². The smallest absolute Gasteiger partial charge is 0.222 e. The van der Waals surface area contributed by atoms with Crippen molar-refractivity contribution in [2.24, 2.45) is 0 Å². The van der Waals surface area contributed by atoms with Crippen LogP contribution in [-0.2, 0) is 9.53 Å². The Morgan fingerprint density at radius 1 is 1.61 bits per heavy atom. The minimum atomic E-state index is -0.475. The average Bonchev–Trinajstić information content (AvgIpc) is 2.38. The van der Waals surface area contributed by atoms with Gasteiger partial charge in [0.05, 0.1) is 25.1 Å². The quantitative estimate of drug-likeness (QED) is 0.839. The number of aromatic nitrogens is 2. The highest BCUT2D eigenvalue weighted by Gasteiger charge is 2.21. The number of hydrogen-bond donors (Lipinski definition) is 1. The van der Waals surface area contributed by atoms with Crippen LogP contribution < -0.4 is 5.32 Å². The molecule has 98 valence electrons. The normalized spacial score (nSPS) is 19.7. The Morgan fingerprint density at radius 2 is 2.33 bits per heavy atom. The molecule has 1 aliphatic heterocycles. The Labute approximate surface area is 104 Å². The lowest BCUT2D eigenvalue weighted by Crippen LogP contribution is -2.47. The van der Waals surface area contributed by atoms with Gasteiger partial charge in [-0.3, -0.25) is 4.79 Å². The summed E-state index contributed by atoms with van der Waals surface area (Å²) in [5, 5.41) is 2.95. The average molecular weight is 254 g/mol. The molecule has 1 aromatic heterocycles. The second-order valence-electron chi connectivity index (χ2n) is 4.06. The van der Waals surface area contributed by atoms with Crippen LogP contribution in [0.2, 0.25) is 0 Å². The predicted octanol–water partition coefficient (Wildman–Crippen LogP) is 0.275. The van der Waals surface area contributed by atoms with Gasteiger partial charge in [-0.2, -0.15) is 0 Å². The second-order valence-corrected chi connectivity index (χ2v) is 4.06. The Hall–Kier alpha value is -1.76. The largest absolute Gasteiger partial charge is 0.373 e. The molecule has 1 aliphatic rings. The molecule has 0 radical (unpaired) electrons. The molecule has 0 bridgehead atoms. The number of amides is 1. The number of carbonyl (C=O) groups excluding carboxylic acids is 1. The first-order valence-corrected chi connectivity index (χ1v) is 5.73. The van der Waals surface area contributed by atoms with Crippen molar-refractivity contribution in [1.29, 1.82) is 0 Å². The molecule has 6 nitrogen and oxygen atoms in total. The van der Waals surface area contributed by atoms with Gasteiger partial charge in [-0.25, -0.2) is 14.4 Å². The number of carbonyl (C=O) groups is 1. The van der Waals surface area contributed by atoms with Crippen LogP contribution in [0.4, 0.5) is 10.3 Å². The third-order valence-electron chi connectivity index (χ3n) is 2.69. The van der Waals surface area contributed by atoms with Gasteiger partial charge in [0.15, 0.2) is 5.82 Å². The van der Waals surface area contributed by atoms with Crippen molar-refractivity contribution in [2.75, 3.05) is 31.6 Å². The molecule has 2 rings (SSSR count). The molecule has 1 aromatic rings. The van der Waals surface area contributed by atoms with Gasteiger partial charge in [0.1, 0.15) is 0 Å². The Morgan fingerprint density at radius 3 is 3.00 bits per heavy atom. The summed E-state index contributed by atoms with van der Waals surface area (Å²) in [6.07, 6.45) is 2.09. The van der Waals surface area contributed by atoms with Gasteiger partial charge in [-0.05, 0) is 0 Å². The van der Waals surface area contributed by atoms with E-state index in [1.807, 2.05) is 0 Å². The number of rotatable bonds is 3. The van der Waals surface area contributed by atoms with Crippen molar-refractivity contribution in [2.45, 2.75) is 13.0 Å². The summed E-state index contributed by atoms with van der Waals surface area (Å²) in [5.74, 6) is -0.0847. The predicted molar refractivity (Wildman–Crippen MR) is 62.5 cm³/mol. The maximum atomic E-state index is 12.6. The molecule has 0 aromatic carbocycles. The van der Waals surface area contributed by atoms with E-state index in [0.717, 1.165) is 12.4 Å². The number of anilines is 1. The molecule has 1 fully saturated rings. The second kappa shape index (κ2) is 5.72. The van der Waals surface area contributed by atoms with Gasteiger partial charge >= 0.3 is 0 Å². The molecular formula is C11H15FN4O2. The van der Waals surface area contributed by atoms with Gasteiger partial charge in [-0.15, -0.1) is 0 Å². The Kier molecular flexibility index (Phi) is 4.03. The molecule has 1 saturated heterocycles. The lowest BCUT2D eigenvalue weighted by molar-refractivity contribution is -0.135. The van der Waals surface area contributed by atoms with E-state index in [1.54, 1.807) is 11.8 Å². The van der Waals surface area contributed by atoms with Crippen molar-refractivity contribution >= 4 is 11.9 Å². The number of nitrogens with zero attached hydrogens (tertiary/aromatic N) is 3. The van der Waals surface area contributed by atoms with E-state index < -0.39 is 5.82 Å². The van der Waals surface area contributed by atoms with Crippen LogP contribution >= 0.6 is 0 Å². The van der Waals surface area contributed by atoms with Gasteiger partial charge in [-0.1, -0.05) is 0 Å². The summed E-state index contributed by atoms with van der Waals surface area (Å²) in [5.41, 5.74) is 0. The van der Waals surface area contributed by atoms with E-state index in [1.165, 1.54) is 0 Å². The molecule has 0 spiro atoms. The zero-order valence-electron chi connectivity index (χ0n) is 10.1. The third kappa shape index (κ3) is 3.36. The SMILES string of the molecule is CC(=O)N1CCO[C@@H](CNc2ncc(F)cn2)C1. The molecule has 1 amide bonds. The third-order valence-corrected chi connectivity index (χ3v) is 2.69. The number of nitrogens with one attached hydrogen (secondary N) is 1. The zero-order valence-corrected chi connectivity index (χ0v) is 10.1. The fourth-order valence-electron chi connectivity index (χ4n) is 1.74. The van der Waals surface area contributed by atoms with Crippen LogP contribution in [0.1, 0.15) is 6.92 Å². The molecule has 1 atom stereocenters. The number of morpholine rings is 1. The lowest BCUT2D eigenvalue weighted by atomic mass is 10.2. The molecule has 0 saturated carbocycles. The maximum Gasteiger partial charge on any atom is 0.222 e. The fourth-order valence-corrected chi connectivity index (χ4v) is 1.74. The molecular weight excluding hydrogens is 239 g/mol. The van der Waals surface area contributed by atoms with Crippen molar-refractivity contribution in [1.82, 2.24) is 14.9 Å². The molecule has 18 heavy (non-hydrogen) atoms. The first-order chi connectivity index (χ1) is 8.65. The monoisotopic (exact) mass is 254 g/mol. The van der Waals surface area contributed by atoms with E-state index >= 15 is 0 Å². The fraction of sp³-hybridized carbons (Fsp3) is 0.545. The zero-order chi connectivity index (χ0) is 13.0. The number of ether oxygens (including phenoxy) is 1. The topological polar surface area (TPSA) is 67.3 Å². The summed E-state index contributed by atoms with van der Waals surface area (Å²) in [4.78, 5) is 20.5. The molecule has 1 N–H and O–H groups in total. The summed E-state index contributed by atoms with van der Waals surface area (Å²) in [6.45, 7) is 3.72.